The van der Waals surface area contributed by atoms with Crippen molar-refractivity contribution in [2.24, 2.45) is 4.40 Å². The minimum absolute atomic E-state index is 0.425. The third-order valence-corrected chi connectivity index (χ3v) is 3.27. The monoisotopic (exact) mass is 291 g/mol. The molecule has 6 heteroatoms. The van der Waals surface area contributed by atoms with Crippen LogP contribution >= 0.6 is 0 Å². The molecular formula is C14H15N2O3S-. The Morgan fingerprint density at radius 3 is 2.55 bits per heavy atom. The van der Waals surface area contributed by atoms with Gasteiger partial charge in [0.05, 0.1) is 18.4 Å². The summed E-state index contributed by atoms with van der Waals surface area (Å²) in [6, 6.07) is 11.1. The molecule has 1 aromatic carbocycles. The molecule has 0 saturated carbocycles. The molecule has 2 aromatic rings. The van der Waals surface area contributed by atoms with Gasteiger partial charge < -0.3 is 13.9 Å². The quantitative estimate of drug-likeness (QED) is 0.808. The molecule has 0 aliphatic heterocycles. The Balaban J connectivity index is 2.63. The lowest BCUT2D eigenvalue weighted by atomic mass is 10.1. The van der Waals surface area contributed by atoms with E-state index >= 15 is 0 Å². The molecule has 5 nitrogen and oxygen atoms in total. The van der Waals surface area contributed by atoms with Gasteiger partial charge in [-0.05, 0) is 36.8 Å². The minimum atomic E-state index is -2.49. The second kappa shape index (κ2) is 6.49. The first kappa shape index (κ1) is 14.5. The first-order valence-electron chi connectivity index (χ1n) is 6.13. The summed E-state index contributed by atoms with van der Waals surface area (Å²) >= 11 is -2.49. The Kier molecular flexibility index (Phi) is 4.70. The standard InChI is InChI=1S/C14H16N2O3S/c1-3-16-10-4-5-13(14(16)15-20(17)18)11-6-8-12(19-2)9-7-11/h4-10H,3H2,1-2H3,(H,17,18)/p-1. The summed E-state index contributed by atoms with van der Waals surface area (Å²) in [7, 11) is 1.60. The van der Waals surface area contributed by atoms with Gasteiger partial charge >= 0.3 is 0 Å². The zero-order valence-electron chi connectivity index (χ0n) is 11.3. The molecule has 0 fully saturated rings. The molecule has 2 rings (SSSR count). The maximum Gasteiger partial charge on any atom is 0.150 e. The fraction of sp³-hybridized carbons (Fsp3) is 0.214. The second-order valence-corrected chi connectivity index (χ2v) is 4.69. The van der Waals surface area contributed by atoms with E-state index in [9.17, 15) is 8.76 Å². The van der Waals surface area contributed by atoms with E-state index in [0.29, 0.717) is 12.0 Å². The summed E-state index contributed by atoms with van der Waals surface area (Å²) in [6.45, 7) is 2.57. The van der Waals surface area contributed by atoms with Crippen LogP contribution in [0.2, 0.25) is 0 Å². The SMILES string of the molecule is CCn1cccc(-c2ccc(OC)cc2)c1=NS(=O)[O-]. The van der Waals surface area contributed by atoms with Crippen LogP contribution in [-0.2, 0) is 17.8 Å². The zero-order valence-corrected chi connectivity index (χ0v) is 12.1. The molecule has 1 atom stereocenters. The van der Waals surface area contributed by atoms with Gasteiger partial charge in [-0.2, -0.15) is 4.40 Å². The van der Waals surface area contributed by atoms with Gasteiger partial charge in [-0.3, -0.25) is 4.21 Å². The Hall–Kier alpha value is -1.92. The van der Waals surface area contributed by atoms with Crippen molar-refractivity contribution in [3.8, 4) is 16.9 Å². The van der Waals surface area contributed by atoms with Gasteiger partial charge in [0.15, 0.2) is 0 Å². The van der Waals surface area contributed by atoms with Gasteiger partial charge in [0.2, 0.25) is 0 Å². The molecule has 0 spiro atoms. The topological polar surface area (TPSA) is 66.7 Å². The number of aryl methyl sites for hydroxylation is 1. The normalized spacial score (nSPS) is 13.2. The summed E-state index contributed by atoms with van der Waals surface area (Å²) in [5.41, 5.74) is 2.08. The van der Waals surface area contributed by atoms with E-state index in [4.69, 9.17) is 4.74 Å². The molecule has 0 N–H and O–H groups in total. The number of rotatable bonds is 4. The van der Waals surface area contributed by atoms with Gasteiger partial charge in [0, 0.05) is 18.3 Å². The number of pyridine rings is 1. The third kappa shape index (κ3) is 3.15. The molecule has 0 radical (unpaired) electrons. The van der Waals surface area contributed by atoms with E-state index in [1.165, 1.54) is 0 Å². The summed E-state index contributed by atoms with van der Waals surface area (Å²) in [5.74, 6) is 0.749. The lowest BCUT2D eigenvalue weighted by Gasteiger charge is -2.10. The summed E-state index contributed by atoms with van der Waals surface area (Å²) in [4.78, 5) is 0. The first-order valence-corrected chi connectivity index (χ1v) is 7.17. The van der Waals surface area contributed by atoms with Crippen molar-refractivity contribution in [1.82, 2.24) is 4.57 Å². The van der Waals surface area contributed by atoms with Crippen LogP contribution in [0.5, 0.6) is 5.75 Å². The second-order valence-electron chi connectivity index (χ2n) is 4.07. The zero-order chi connectivity index (χ0) is 14.5. The van der Waals surface area contributed by atoms with Gasteiger partial charge in [0.25, 0.3) is 0 Å². The van der Waals surface area contributed by atoms with Crippen LogP contribution in [0.4, 0.5) is 0 Å². The largest absolute Gasteiger partial charge is 0.754 e. The predicted molar refractivity (Wildman–Crippen MR) is 76.6 cm³/mol. The highest BCUT2D eigenvalue weighted by molar-refractivity contribution is 7.77. The number of ether oxygens (including phenoxy) is 1. The highest BCUT2D eigenvalue weighted by Crippen LogP contribution is 2.19. The van der Waals surface area contributed by atoms with Crippen molar-refractivity contribution in [2.75, 3.05) is 7.11 Å². The lowest BCUT2D eigenvalue weighted by molar-refractivity contribution is 0.415. The van der Waals surface area contributed by atoms with Crippen LogP contribution in [0, 0.1) is 0 Å². The molecule has 0 saturated heterocycles. The summed E-state index contributed by atoms with van der Waals surface area (Å²) in [6.07, 6.45) is 1.80. The van der Waals surface area contributed by atoms with Gasteiger partial charge in [0.1, 0.15) is 11.2 Å². The smallest absolute Gasteiger partial charge is 0.150 e. The van der Waals surface area contributed by atoms with Crippen LogP contribution in [0.15, 0.2) is 47.0 Å². The summed E-state index contributed by atoms with van der Waals surface area (Å²) in [5, 5.41) is 0. The van der Waals surface area contributed by atoms with Crippen LogP contribution in [0.3, 0.4) is 0 Å². The van der Waals surface area contributed by atoms with Crippen molar-refractivity contribution < 1.29 is 13.5 Å². The van der Waals surface area contributed by atoms with E-state index in [-0.39, 0.29) is 0 Å². The van der Waals surface area contributed by atoms with Gasteiger partial charge in [-0.15, -0.1) is 0 Å². The van der Waals surface area contributed by atoms with Crippen LogP contribution in [0.25, 0.3) is 11.1 Å². The third-order valence-electron chi connectivity index (χ3n) is 2.94. The van der Waals surface area contributed by atoms with Crippen LogP contribution in [-0.4, -0.2) is 20.4 Å². The van der Waals surface area contributed by atoms with Gasteiger partial charge in [-0.25, -0.2) is 0 Å². The fourth-order valence-electron chi connectivity index (χ4n) is 1.97. The molecule has 0 bridgehead atoms. The average Bonchev–Trinajstić information content (AvgIpc) is 2.47. The molecule has 0 aliphatic carbocycles. The highest BCUT2D eigenvalue weighted by Gasteiger charge is 2.04. The summed E-state index contributed by atoms with van der Waals surface area (Å²) < 4.78 is 32.4. The molecule has 106 valence electrons. The molecule has 20 heavy (non-hydrogen) atoms. The number of methoxy groups -OCH3 is 1. The van der Waals surface area contributed by atoms with E-state index in [1.807, 2.05) is 43.3 Å². The van der Waals surface area contributed by atoms with Crippen LogP contribution in [0.1, 0.15) is 6.92 Å². The number of aromatic nitrogens is 1. The van der Waals surface area contributed by atoms with Crippen molar-refractivity contribution in [3.63, 3.8) is 0 Å². The molecular weight excluding hydrogens is 276 g/mol. The molecule has 1 heterocycles. The molecule has 0 amide bonds. The maximum atomic E-state index is 10.9. The highest BCUT2D eigenvalue weighted by atomic mass is 32.2. The number of nitrogens with zero attached hydrogens (tertiary/aromatic N) is 2. The number of hydrogen-bond donors (Lipinski definition) is 0. The Labute approximate surface area is 120 Å². The molecule has 1 aromatic heterocycles. The maximum absolute atomic E-state index is 10.9. The van der Waals surface area contributed by atoms with E-state index < -0.39 is 11.3 Å². The van der Waals surface area contributed by atoms with Gasteiger partial charge in [-0.1, -0.05) is 12.1 Å². The predicted octanol–water partition coefficient (Wildman–Crippen LogP) is 1.88. The van der Waals surface area contributed by atoms with Crippen LogP contribution < -0.4 is 10.2 Å². The fourth-order valence-corrected chi connectivity index (χ4v) is 2.31. The minimum Gasteiger partial charge on any atom is -0.754 e. The first-order chi connectivity index (χ1) is 9.65. The van der Waals surface area contributed by atoms with Crippen molar-refractivity contribution in [3.05, 3.63) is 48.1 Å². The Morgan fingerprint density at radius 2 is 2.00 bits per heavy atom. The Morgan fingerprint density at radius 1 is 1.30 bits per heavy atom. The average molecular weight is 291 g/mol. The van der Waals surface area contributed by atoms with E-state index in [0.717, 1.165) is 16.9 Å². The number of hydrogen-bond acceptors (Lipinski definition) is 3. The Bertz CT molecular complexity index is 678. The lowest BCUT2D eigenvalue weighted by Crippen LogP contribution is -2.22. The van der Waals surface area contributed by atoms with E-state index in [2.05, 4.69) is 4.40 Å². The molecule has 0 aliphatic rings. The van der Waals surface area contributed by atoms with Crippen molar-refractivity contribution in [1.29, 1.82) is 0 Å². The van der Waals surface area contributed by atoms with E-state index in [1.54, 1.807) is 17.9 Å². The number of benzene rings is 1. The van der Waals surface area contributed by atoms with Crippen molar-refractivity contribution >= 4 is 11.3 Å². The molecule has 1 unspecified atom stereocenters. The van der Waals surface area contributed by atoms with Crippen molar-refractivity contribution in [2.45, 2.75) is 13.5 Å².